The first-order chi connectivity index (χ1) is 12.4. The molecule has 0 aliphatic heterocycles. The van der Waals surface area contributed by atoms with Gasteiger partial charge in [-0.05, 0) is 92.3 Å². The van der Waals surface area contributed by atoms with Gasteiger partial charge in [0.2, 0.25) is 0 Å². The van der Waals surface area contributed by atoms with Crippen molar-refractivity contribution in [3.63, 3.8) is 0 Å². The molecule has 26 heavy (non-hydrogen) atoms. The van der Waals surface area contributed by atoms with Crippen LogP contribution in [0.15, 0.2) is 11.1 Å². The van der Waals surface area contributed by atoms with Gasteiger partial charge in [-0.15, -0.1) is 0 Å². The summed E-state index contributed by atoms with van der Waals surface area (Å²) in [6.45, 7) is 10.1. The summed E-state index contributed by atoms with van der Waals surface area (Å²) < 4.78 is 0. The molecule has 0 saturated heterocycles. The van der Waals surface area contributed by atoms with Crippen LogP contribution in [-0.2, 0) is 0 Å². The van der Waals surface area contributed by atoms with E-state index in [4.69, 9.17) is 0 Å². The minimum atomic E-state index is 0.600. The zero-order chi connectivity index (χ0) is 18.4. The molecule has 0 radical (unpaired) electrons. The van der Waals surface area contributed by atoms with Crippen LogP contribution < -0.4 is 0 Å². The van der Waals surface area contributed by atoms with Crippen LogP contribution in [0.3, 0.4) is 0 Å². The number of hydrogen-bond donors (Lipinski definition) is 0. The van der Waals surface area contributed by atoms with Crippen molar-refractivity contribution in [2.75, 3.05) is 0 Å². The van der Waals surface area contributed by atoms with E-state index in [2.05, 4.69) is 27.7 Å². The molecule has 5 atom stereocenters. The van der Waals surface area contributed by atoms with Crippen molar-refractivity contribution in [2.24, 2.45) is 34.5 Å². The van der Waals surface area contributed by atoms with E-state index in [0.29, 0.717) is 10.8 Å². The molecule has 0 amide bonds. The molecule has 0 bridgehead atoms. The van der Waals surface area contributed by atoms with Crippen LogP contribution in [0.4, 0.5) is 0 Å². The second-order valence-electron chi connectivity index (χ2n) is 11.4. The van der Waals surface area contributed by atoms with Gasteiger partial charge in [0.15, 0.2) is 0 Å². The maximum absolute atomic E-state index is 2.71. The third-order valence-corrected chi connectivity index (χ3v) is 9.69. The molecule has 0 aromatic carbocycles. The number of rotatable bonds is 5. The lowest BCUT2D eigenvalue weighted by molar-refractivity contribution is 0.0807. The molecule has 0 aromatic rings. The van der Waals surface area contributed by atoms with E-state index in [1.54, 1.807) is 0 Å². The lowest BCUT2D eigenvalue weighted by Gasteiger charge is -2.54. The number of allylic oxidation sites excluding steroid dienone is 2. The van der Waals surface area contributed by atoms with E-state index in [0.717, 1.165) is 23.7 Å². The molecule has 0 N–H and O–H groups in total. The fourth-order valence-electron chi connectivity index (χ4n) is 8.02. The second-order valence-corrected chi connectivity index (χ2v) is 11.4. The minimum absolute atomic E-state index is 0.600. The van der Waals surface area contributed by atoms with Gasteiger partial charge < -0.3 is 0 Å². The summed E-state index contributed by atoms with van der Waals surface area (Å²) in [5.41, 5.74) is 5.25. The van der Waals surface area contributed by atoms with Crippen molar-refractivity contribution in [1.29, 1.82) is 0 Å². The Balaban J connectivity index is 1.49. The van der Waals surface area contributed by atoms with Crippen molar-refractivity contribution in [3.05, 3.63) is 11.1 Å². The van der Waals surface area contributed by atoms with E-state index in [-0.39, 0.29) is 0 Å². The summed E-state index contributed by atoms with van der Waals surface area (Å²) in [5, 5.41) is 0. The second kappa shape index (κ2) is 7.29. The Kier molecular flexibility index (Phi) is 5.35. The standard InChI is InChI=1S/C26H44/c1-19(2)9-5-6-10-21-13-15-23-22-14-12-20-11-7-8-17-25(20,3)24(22)16-18-26(21,23)4/h19-21,23H,5-18H2,1-4H3/t20-,21+,23+,25+,26-/m1/s1. The SMILES string of the molecule is CC(C)CCCC[C@H]1CC[C@H]2C3=C(CC[C@]12C)[C@@]1(C)CCCC[C@@H]1CC3. The molecule has 0 nitrogen and oxygen atoms in total. The van der Waals surface area contributed by atoms with Crippen molar-refractivity contribution in [3.8, 4) is 0 Å². The average molecular weight is 357 g/mol. The first-order valence-electron chi connectivity index (χ1n) is 12.2. The summed E-state index contributed by atoms with van der Waals surface area (Å²) in [5.74, 6) is 3.88. The molecule has 2 saturated carbocycles. The van der Waals surface area contributed by atoms with Crippen LogP contribution in [0.5, 0.6) is 0 Å². The average Bonchev–Trinajstić information content (AvgIpc) is 2.94. The first kappa shape index (κ1) is 19.1. The Bertz CT molecular complexity index is 540. The Morgan fingerprint density at radius 2 is 1.77 bits per heavy atom. The third-order valence-electron chi connectivity index (χ3n) is 9.69. The molecule has 0 heterocycles. The van der Waals surface area contributed by atoms with Gasteiger partial charge in [0.25, 0.3) is 0 Å². The van der Waals surface area contributed by atoms with Crippen molar-refractivity contribution in [1.82, 2.24) is 0 Å². The molecule has 4 rings (SSSR count). The van der Waals surface area contributed by atoms with Gasteiger partial charge >= 0.3 is 0 Å². The van der Waals surface area contributed by atoms with Gasteiger partial charge in [-0.3, -0.25) is 0 Å². The lowest BCUT2D eigenvalue weighted by atomic mass is 9.51. The largest absolute Gasteiger partial charge is 0.0668 e. The number of unbranched alkanes of at least 4 members (excludes halogenated alkanes) is 1. The fourth-order valence-corrected chi connectivity index (χ4v) is 8.02. The summed E-state index contributed by atoms with van der Waals surface area (Å²) >= 11 is 0. The summed E-state index contributed by atoms with van der Waals surface area (Å²) in [6.07, 6.45) is 20.9. The number of fused-ring (bicyclic) bond motifs is 4. The van der Waals surface area contributed by atoms with Crippen LogP contribution in [0.25, 0.3) is 0 Å². The highest BCUT2D eigenvalue weighted by atomic mass is 14.6. The van der Waals surface area contributed by atoms with Gasteiger partial charge in [-0.25, -0.2) is 0 Å². The predicted molar refractivity (Wildman–Crippen MR) is 113 cm³/mol. The first-order valence-corrected chi connectivity index (χ1v) is 12.2. The van der Waals surface area contributed by atoms with Crippen LogP contribution in [-0.4, -0.2) is 0 Å². The lowest BCUT2D eigenvalue weighted by Crippen LogP contribution is -2.43. The topological polar surface area (TPSA) is 0 Å². The predicted octanol–water partition coefficient (Wildman–Crippen LogP) is 8.32. The molecule has 0 unspecified atom stereocenters. The highest BCUT2D eigenvalue weighted by Gasteiger charge is 2.54. The van der Waals surface area contributed by atoms with E-state index < -0.39 is 0 Å². The maximum Gasteiger partial charge on any atom is -0.00852 e. The monoisotopic (exact) mass is 356 g/mol. The van der Waals surface area contributed by atoms with Gasteiger partial charge in [-0.1, -0.05) is 70.9 Å². The normalized spacial score (nSPS) is 42.6. The fraction of sp³-hybridized carbons (Fsp3) is 0.923. The smallest absolute Gasteiger partial charge is 0.00852 e. The molecular weight excluding hydrogens is 312 g/mol. The Hall–Kier alpha value is -0.260. The highest BCUT2D eigenvalue weighted by Crippen LogP contribution is 2.65. The molecule has 4 aliphatic rings. The molecule has 4 aliphatic carbocycles. The Morgan fingerprint density at radius 3 is 2.58 bits per heavy atom. The Labute approximate surface area is 163 Å². The zero-order valence-corrected chi connectivity index (χ0v) is 18.2. The van der Waals surface area contributed by atoms with E-state index in [1.807, 2.05) is 11.1 Å². The molecule has 148 valence electrons. The van der Waals surface area contributed by atoms with E-state index in [1.165, 1.54) is 89.9 Å². The van der Waals surface area contributed by atoms with Crippen LogP contribution in [0, 0.1) is 34.5 Å². The summed E-state index contributed by atoms with van der Waals surface area (Å²) in [7, 11) is 0. The van der Waals surface area contributed by atoms with Gasteiger partial charge in [0, 0.05) is 0 Å². The third kappa shape index (κ3) is 3.12. The molecule has 0 spiro atoms. The maximum atomic E-state index is 2.71. The van der Waals surface area contributed by atoms with Crippen molar-refractivity contribution < 1.29 is 0 Å². The molecule has 2 fully saturated rings. The highest BCUT2D eigenvalue weighted by molar-refractivity contribution is 5.34. The van der Waals surface area contributed by atoms with Crippen LogP contribution in [0.1, 0.15) is 118 Å². The summed E-state index contributed by atoms with van der Waals surface area (Å²) in [4.78, 5) is 0. The van der Waals surface area contributed by atoms with Gasteiger partial charge in [0.1, 0.15) is 0 Å². The quantitative estimate of drug-likeness (QED) is 0.343. The Morgan fingerprint density at radius 1 is 0.923 bits per heavy atom. The van der Waals surface area contributed by atoms with Crippen LogP contribution >= 0.6 is 0 Å². The van der Waals surface area contributed by atoms with Crippen molar-refractivity contribution in [2.45, 2.75) is 118 Å². The molecule has 0 heteroatoms. The minimum Gasteiger partial charge on any atom is -0.0668 e. The molecule has 0 aromatic heterocycles. The van der Waals surface area contributed by atoms with E-state index >= 15 is 0 Å². The molecular formula is C26H44. The van der Waals surface area contributed by atoms with Gasteiger partial charge in [0.05, 0.1) is 0 Å². The van der Waals surface area contributed by atoms with Crippen molar-refractivity contribution >= 4 is 0 Å². The number of hydrogen-bond acceptors (Lipinski definition) is 0. The van der Waals surface area contributed by atoms with Gasteiger partial charge in [-0.2, -0.15) is 0 Å². The van der Waals surface area contributed by atoms with Crippen LogP contribution in [0.2, 0.25) is 0 Å². The summed E-state index contributed by atoms with van der Waals surface area (Å²) in [6, 6.07) is 0. The van der Waals surface area contributed by atoms with E-state index in [9.17, 15) is 0 Å². The zero-order valence-electron chi connectivity index (χ0n) is 18.2.